The van der Waals surface area contributed by atoms with Crippen molar-refractivity contribution in [2.75, 3.05) is 36.4 Å². The van der Waals surface area contributed by atoms with Crippen LogP contribution in [0.25, 0.3) is 0 Å². The van der Waals surface area contributed by atoms with E-state index in [1.54, 1.807) is 36.5 Å². The normalized spacial score (nSPS) is 13.8. The molecule has 0 bridgehead atoms. The van der Waals surface area contributed by atoms with Gasteiger partial charge in [0.15, 0.2) is 0 Å². The summed E-state index contributed by atoms with van der Waals surface area (Å²) in [5, 5.41) is 4.26. The Morgan fingerprint density at radius 1 is 0.970 bits per heavy atom. The Bertz CT molecular complexity index is 1050. The van der Waals surface area contributed by atoms with Gasteiger partial charge in [0.1, 0.15) is 0 Å². The predicted molar refractivity (Wildman–Crippen MR) is 141 cm³/mol. The molecule has 0 saturated carbocycles. The summed E-state index contributed by atoms with van der Waals surface area (Å²) < 4.78 is 2.34. The first-order valence-electron chi connectivity index (χ1n) is 10.9. The summed E-state index contributed by atoms with van der Waals surface area (Å²) in [6, 6.07) is 15.3. The van der Waals surface area contributed by atoms with E-state index in [1.807, 2.05) is 57.2 Å². The third-order valence-electron chi connectivity index (χ3n) is 5.06. The number of nitrogens with zero attached hydrogens (tertiary/aromatic N) is 3. The number of rotatable bonds is 5. The van der Waals surface area contributed by atoms with Gasteiger partial charge >= 0.3 is 0 Å². The van der Waals surface area contributed by atoms with Crippen LogP contribution in [0.15, 0.2) is 65.8 Å². The van der Waals surface area contributed by atoms with Crippen molar-refractivity contribution in [1.82, 2.24) is 9.29 Å². The van der Waals surface area contributed by atoms with Crippen LogP contribution in [0.3, 0.4) is 0 Å². The zero-order valence-electron chi connectivity index (χ0n) is 19.0. The van der Waals surface area contributed by atoms with Crippen molar-refractivity contribution < 1.29 is 4.79 Å². The number of pyridine rings is 1. The van der Waals surface area contributed by atoms with Gasteiger partial charge in [-0.15, -0.1) is 0 Å². The number of halogens is 2. The Morgan fingerprint density at radius 2 is 1.61 bits per heavy atom. The van der Waals surface area contributed by atoms with Gasteiger partial charge in [-0.3, -0.25) is 9.78 Å². The molecule has 3 aromatic rings. The fourth-order valence-corrected chi connectivity index (χ4v) is 4.85. The van der Waals surface area contributed by atoms with Gasteiger partial charge in [-0.2, -0.15) is 0 Å². The molecule has 0 aliphatic carbocycles. The number of piperazine rings is 1. The minimum Gasteiger partial charge on any atom is -0.369 e. The molecule has 5 nitrogen and oxygen atoms in total. The number of amides is 1. The summed E-state index contributed by atoms with van der Waals surface area (Å²) in [6.07, 6.45) is 3.32. The van der Waals surface area contributed by atoms with Crippen LogP contribution in [-0.2, 0) is 0 Å². The van der Waals surface area contributed by atoms with Crippen LogP contribution < -0.4 is 10.2 Å². The van der Waals surface area contributed by atoms with Crippen LogP contribution in [0.5, 0.6) is 0 Å². The zero-order valence-corrected chi connectivity index (χ0v) is 21.3. The first kappa shape index (κ1) is 25.4. The van der Waals surface area contributed by atoms with Crippen LogP contribution >= 0.6 is 35.1 Å². The van der Waals surface area contributed by atoms with Crippen molar-refractivity contribution >= 4 is 52.4 Å². The number of benzene rings is 2. The highest BCUT2D eigenvalue weighted by atomic mass is 35.5. The maximum atomic E-state index is 12.5. The van der Waals surface area contributed by atoms with E-state index in [2.05, 4.69) is 19.5 Å². The summed E-state index contributed by atoms with van der Waals surface area (Å²) in [7, 11) is 0. The lowest BCUT2D eigenvalue weighted by molar-refractivity contribution is 0.102. The molecule has 33 heavy (non-hydrogen) atoms. The summed E-state index contributed by atoms with van der Waals surface area (Å²) >= 11 is 14.0. The van der Waals surface area contributed by atoms with Crippen molar-refractivity contribution in [3.8, 4) is 0 Å². The number of carbonyl (C=O) groups excluding carboxylic acids is 1. The summed E-state index contributed by atoms with van der Waals surface area (Å²) in [4.78, 5) is 19.9. The van der Waals surface area contributed by atoms with Crippen molar-refractivity contribution in [2.45, 2.75) is 25.7 Å². The number of carbonyl (C=O) groups is 1. The van der Waals surface area contributed by atoms with E-state index in [1.165, 1.54) is 0 Å². The topological polar surface area (TPSA) is 48.5 Å². The van der Waals surface area contributed by atoms with Gasteiger partial charge in [-0.05, 0) is 73.0 Å². The fourth-order valence-electron chi connectivity index (χ4n) is 3.43. The third-order valence-corrected chi connectivity index (χ3v) is 6.61. The molecule has 0 unspecified atom stereocenters. The molecule has 2 heterocycles. The maximum Gasteiger partial charge on any atom is 0.256 e. The van der Waals surface area contributed by atoms with E-state index >= 15 is 0 Å². The van der Waals surface area contributed by atoms with E-state index in [0.717, 1.165) is 48.0 Å². The Hall–Kier alpha value is -2.25. The number of aryl methyl sites for hydroxylation is 1. The van der Waals surface area contributed by atoms with Crippen LogP contribution in [-0.4, -0.2) is 41.4 Å². The highest BCUT2D eigenvalue weighted by Gasteiger charge is 2.19. The molecule has 2 aromatic carbocycles. The Labute approximate surface area is 210 Å². The molecule has 0 atom stereocenters. The number of anilines is 2. The highest BCUT2D eigenvalue weighted by Crippen LogP contribution is 2.29. The third kappa shape index (κ3) is 7.11. The molecule has 8 heteroatoms. The average molecular weight is 503 g/mol. The molecule has 4 rings (SSSR count). The van der Waals surface area contributed by atoms with Crippen molar-refractivity contribution in [2.24, 2.45) is 0 Å². The van der Waals surface area contributed by atoms with Crippen molar-refractivity contribution in [1.29, 1.82) is 0 Å². The number of aromatic nitrogens is 1. The van der Waals surface area contributed by atoms with Crippen LogP contribution in [0.4, 0.5) is 11.4 Å². The molecule has 0 radical (unpaired) electrons. The van der Waals surface area contributed by atoms with E-state index < -0.39 is 0 Å². The molecule has 1 amide bonds. The molecule has 0 spiro atoms. The van der Waals surface area contributed by atoms with Gasteiger partial charge in [0.25, 0.3) is 5.91 Å². The van der Waals surface area contributed by atoms with Gasteiger partial charge in [-0.25, -0.2) is 4.31 Å². The Balaban J connectivity index is 0.00000149. The van der Waals surface area contributed by atoms with Crippen LogP contribution in [0.1, 0.15) is 29.8 Å². The van der Waals surface area contributed by atoms with E-state index in [-0.39, 0.29) is 5.91 Å². The number of hydrogen-bond acceptors (Lipinski definition) is 5. The van der Waals surface area contributed by atoms with E-state index in [4.69, 9.17) is 23.2 Å². The highest BCUT2D eigenvalue weighted by molar-refractivity contribution is 7.97. The molecule has 1 aliphatic rings. The van der Waals surface area contributed by atoms with Crippen molar-refractivity contribution in [3.05, 3.63) is 82.1 Å². The van der Waals surface area contributed by atoms with E-state index in [0.29, 0.717) is 15.6 Å². The second-order valence-electron chi connectivity index (χ2n) is 7.30. The van der Waals surface area contributed by atoms with Crippen LogP contribution in [0, 0.1) is 6.92 Å². The van der Waals surface area contributed by atoms with Gasteiger partial charge < -0.3 is 10.2 Å². The standard InChI is InChI=1S/C23H22Cl2N4OS.C2H6/c1-16-15-26-7-6-22(16)23(30)27-19-2-4-21(5-3-19)31-29-10-8-28(9-11-29)20-13-17(24)12-18(25)14-20;1-2/h2-7,12-15H,8-11H2,1H3,(H,27,30);1-2H3. The quantitative estimate of drug-likeness (QED) is 0.388. The van der Waals surface area contributed by atoms with Gasteiger partial charge in [0.05, 0.1) is 0 Å². The molecule has 1 fully saturated rings. The van der Waals surface area contributed by atoms with Crippen LogP contribution in [0.2, 0.25) is 10.0 Å². The van der Waals surface area contributed by atoms with E-state index in [9.17, 15) is 4.79 Å². The summed E-state index contributed by atoms with van der Waals surface area (Å²) in [6.45, 7) is 9.54. The molecular weight excluding hydrogens is 475 g/mol. The first-order valence-corrected chi connectivity index (χ1v) is 12.5. The van der Waals surface area contributed by atoms with Gasteiger partial charge in [-0.1, -0.05) is 37.0 Å². The molecule has 174 valence electrons. The summed E-state index contributed by atoms with van der Waals surface area (Å²) in [5.74, 6) is -0.127. The largest absolute Gasteiger partial charge is 0.369 e. The lowest BCUT2D eigenvalue weighted by atomic mass is 10.1. The monoisotopic (exact) mass is 502 g/mol. The smallest absolute Gasteiger partial charge is 0.256 e. The molecular formula is C25H28Cl2N4OS. The van der Waals surface area contributed by atoms with Gasteiger partial charge in [0, 0.05) is 70.5 Å². The maximum absolute atomic E-state index is 12.5. The minimum atomic E-state index is -0.127. The predicted octanol–water partition coefficient (Wildman–Crippen LogP) is 6.80. The Morgan fingerprint density at radius 3 is 2.21 bits per heavy atom. The molecule has 1 N–H and O–H groups in total. The molecule has 1 aliphatic heterocycles. The molecule has 1 aromatic heterocycles. The second-order valence-corrected chi connectivity index (χ2v) is 9.35. The SMILES string of the molecule is CC.Cc1cnccc1C(=O)Nc1ccc(SN2CCN(c3cc(Cl)cc(Cl)c3)CC2)cc1. The van der Waals surface area contributed by atoms with Gasteiger partial charge in [0.2, 0.25) is 0 Å². The molecule has 1 saturated heterocycles. The number of nitrogens with one attached hydrogen (secondary N) is 1. The first-order chi connectivity index (χ1) is 16.0. The number of hydrogen-bond donors (Lipinski definition) is 1. The second kappa shape index (κ2) is 12.3. The lowest BCUT2D eigenvalue weighted by Gasteiger charge is -2.35. The lowest BCUT2D eigenvalue weighted by Crippen LogP contribution is -2.43. The minimum absolute atomic E-state index is 0.127. The zero-order chi connectivity index (χ0) is 23.8. The van der Waals surface area contributed by atoms with Crippen molar-refractivity contribution in [3.63, 3.8) is 0 Å². The summed E-state index contributed by atoms with van der Waals surface area (Å²) in [5.41, 5.74) is 3.32. The Kier molecular flexibility index (Phi) is 9.44. The average Bonchev–Trinajstić information content (AvgIpc) is 2.82. The fraction of sp³-hybridized carbons (Fsp3) is 0.280.